The van der Waals surface area contributed by atoms with Crippen LogP contribution in [-0.2, 0) is 25.8 Å². The van der Waals surface area contributed by atoms with Crippen LogP contribution in [0.2, 0.25) is 0 Å². The zero-order valence-corrected chi connectivity index (χ0v) is 14.2. The number of ether oxygens (including phenoxy) is 1. The van der Waals surface area contributed by atoms with Crippen molar-refractivity contribution in [1.29, 1.82) is 0 Å². The van der Waals surface area contributed by atoms with Gasteiger partial charge in [0, 0.05) is 18.1 Å². The maximum absolute atomic E-state index is 12.5. The van der Waals surface area contributed by atoms with Crippen molar-refractivity contribution in [2.45, 2.75) is 13.5 Å². The van der Waals surface area contributed by atoms with Gasteiger partial charge in [-0.3, -0.25) is 24.5 Å². The summed E-state index contributed by atoms with van der Waals surface area (Å²) in [6, 6.07) is 5.41. The van der Waals surface area contributed by atoms with Gasteiger partial charge in [0.2, 0.25) is 0 Å². The molecule has 2 bridgehead atoms. The minimum absolute atomic E-state index is 0.0872. The molecule has 1 heterocycles. The summed E-state index contributed by atoms with van der Waals surface area (Å²) in [6.45, 7) is 1.73. The van der Waals surface area contributed by atoms with Crippen LogP contribution in [-0.4, -0.2) is 28.0 Å². The average molecular weight is 370 g/mol. The molecule has 2 aliphatic carbocycles. The maximum atomic E-state index is 12.5. The molecule has 2 amide bonds. The molecular weight excluding hydrogens is 356 g/mol. The summed E-state index contributed by atoms with van der Waals surface area (Å²) in [5.74, 6) is -2.32. The first-order chi connectivity index (χ1) is 12.9. The summed E-state index contributed by atoms with van der Waals surface area (Å²) in [4.78, 5) is 51.7. The highest BCUT2D eigenvalue weighted by atomic mass is 16.8. The molecule has 1 aromatic rings. The molecule has 9 nitrogen and oxygen atoms in total. The van der Waals surface area contributed by atoms with E-state index in [1.54, 1.807) is 6.08 Å². The van der Waals surface area contributed by atoms with Gasteiger partial charge in [-0.2, -0.15) is 0 Å². The fraction of sp³-hybridized carbons (Fsp3) is 0.333. The highest BCUT2D eigenvalue weighted by Gasteiger charge is 2.62. The van der Waals surface area contributed by atoms with Gasteiger partial charge in [0.25, 0.3) is 17.5 Å². The number of rotatable bonds is 4. The Balaban J connectivity index is 1.37. The Hall–Kier alpha value is -3.45. The lowest BCUT2D eigenvalue weighted by atomic mass is 9.88. The van der Waals surface area contributed by atoms with Crippen molar-refractivity contribution in [1.82, 2.24) is 5.06 Å². The minimum atomic E-state index is -1.20. The predicted octanol–water partition coefficient (Wildman–Crippen LogP) is 2.13. The molecule has 1 saturated heterocycles. The van der Waals surface area contributed by atoms with E-state index in [1.807, 2.05) is 6.92 Å². The van der Waals surface area contributed by atoms with Crippen molar-refractivity contribution >= 4 is 23.7 Å². The molecule has 1 aromatic carbocycles. The number of non-ortho nitro benzene ring substituents is 1. The Bertz CT molecular complexity index is 930. The van der Waals surface area contributed by atoms with Gasteiger partial charge in [-0.1, -0.05) is 12.0 Å². The minimum Gasteiger partial charge on any atom is -0.428 e. The number of nitrogens with zero attached hydrogens (tertiary/aromatic N) is 2. The van der Waals surface area contributed by atoms with Crippen molar-refractivity contribution in [3.05, 3.63) is 57.3 Å². The average Bonchev–Trinajstić information content (AvgIpc) is 3.24. The molecule has 27 heavy (non-hydrogen) atoms. The zero-order chi connectivity index (χ0) is 19.3. The highest BCUT2D eigenvalue weighted by molar-refractivity contribution is 6.07. The molecule has 2 fully saturated rings. The second kappa shape index (κ2) is 6.07. The van der Waals surface area contributed by atoms with Gasteiger partial charge < -0.3 is 4.74 Å². The van der Waals surface area contributed by atoms with Gasteiger partial charge in [-0.25, -0.2) is 4.79 Å². The number of carbonyl (C=O) groups is 3. The first kappa shape index (κ1) is 17.0. The van der Waals surface area contributed by atoms with Gasteiger partial charge >= 0.3 is 6.16 Å². The third-order valence-corrected chi connectivity index (χ3v) is 5.24. The van der Waals surface area contributed by atoms with E-state index in [2.05, 4.69) is 5.73 Å². The molecule has 1 aliphatic heterocycles. The van der Waals surface area contributed by atoms with Crippen LogP contribution in [0.4, 0.5) is 10.5 Å². The Morgan fingerprint density at radius 1 is 1.26 bits per heavy atom. The molecule has 0 spiro atoms. The van der Waals surface area contributed by atoms with Gasteiger partial charge in [-0.15, -0.1) is 5.73 Å². The normalized spacial score (nSPS) is 27.6. The highest BCUT2D eigenvalue weighted by Crippen LogP contribution is 2.53. The Labute approximate surface area is 152 Å². The van der Waals surface area contributed by atoms with E-state index < -0.39 is 34.7 Å². The van der Waals surface area contributed by atoms with E-state index in [4.69, 9.17) is 9.57 Å². The molecule has 3 aliphatic rings. The van der Waals surface area contributed by atoms with E-state index in [9.17, 15) is 24.5 Å². The van der Waals surface area contributed by atoms with E-state index >= 15 is 0 Å². The van der Waals surface area contributed by atoms with Crippen molar-refractivity contribution in [3.63, 3.8) is 0 Å². The lowest BCUT2D eigenvalue weighted by molar-refractivity contribution is -0.384. The Morgan fingerprint density at radius 3 is 2.59 bits per heavy atom. The predicted molar refractivity (Wildman–Crippen MR) is 87.4 cm³/mol. The zero-order valence-electron chi connectivity index (χ0n) is 14.2. The molecule has 138 valence electrons. The first-order valence-corrected chi connectivity index (χ1v) is 8.31. The molecule has 4 atom stereocenters. The van der Waals surface area contributed by atoms with Crippen LogP contribution in [0, 0.1) is 33.8 Å². The molecule has 1 saturated carbocycles. The number of hydrogen-bond donors (Lipinski definition) is 0. The molecule has 4 rings (SSSR count). The monoisotopic (exact) mass is 370 g/mol. The van der Waals surface area contributed by atoms with Crippen molar-refractivity contribution in [3.8, 4) is 0 Å². The molecule has 9 heteroatoms. The summed E-state index contributed by atoms with van der Waals surface area (Å²) in [6.07, 6.45) is 0.598. The Kier molecular flexibility index (Phi) is 3.82. The van der Waals surface area contributed by atoms with Gasteiger partial charge in [0.1, 0.15) is 6.61 Å². The molecular formula is C18H14N2O7. The quantitative estimate of drug-likeness (QED) is 0.262. The van der Waals surface area contributed by atoms with Crippen LogP contribution in [0.25, 0.3) is 0 Å². The lowest BCUT2D eigenvalue weighted by Crippen LogP contribution is -2.35. The molecule has 0 N–H and O–H groups in total. The number of nitro benzene ring substituents is 1. The van der Waals surface area contributed by atoms with Crippen LogP contribution in [0.1, 0.15) is 12.5 Å². The number of hydrogen-bond acceptors (Lipinski definition) is 7. The van der Waals surface area contributed by atoms with E-state index in [0.29, 0.717) is 10.6 Å². The third-order valence-electron chi connectivity index (χ3n) is 5.24. The maximum Gasteiger partial charge on any atom is 0.534 e. The SMILES string of the molecule is C[C@@H]1C2=C=CC1[C@@H]1C(=O)N(OC(=O)OCc3ccc([N+](=O)[O-])cc3)C(=O)[C@H]21. The number of carbonyl (C=O) groups excluding carboxylic acids is 3. The van der Waals surface area contributed by atoms with E-state index in [1.165, 1.54) is 24.3 Å². The van der Waals surface area contributed by atoms with E-state index in [-0.39, 0.29) is 24.1 Å². The second-order valence-electron chi connectivity index (χ2n) is 6.66. The van der Waals surface area contributed by atoms with Crippen LogP contribution < -0.4 is 0 Å². The number of amides is 2. The number of nitro groups is 1. The topological polar surface area (TPSA) is 116 Å². The summed E-state index contributed by atoms with van der Waals surface area (Å²) < 4.78 is 4.89. The smallest absolute Gasteiger partial charge is 0.428 e. The summed E-state index contributed by atoms with van der Waals surface area (Å²) >= 11 is 0. The lowest BCUT2D eigenvalue weighted by Gasteiger charge is -2.17. The van der Waals surface area contributed by atoms with Crippen LogP contribution in [0.3, 0.4) is 0 Å². The molecule has 0 radical (unpaired) electrons. The summed E-state index contributed by atoms with van der Waals surface area (Å²) in [5, 5.41) is 11.1. The largest absolute Gasteiger partial charge is 0.534 e. The van der Waals surface area contributed by atoms with Crippen LogP contribution >= 0.6 is 0 Å². The fourth-order valence-corrected chi connectivity index (χ4v) is 3.89. The van der Waals surface area contributed by atoms with Gasteiger partial charge in [0.05, 0.1) is 16.8 Å². The number of hydroxylamine groups is 2. The van der Waals surface area contributed by atoms with Crippen molar-refractivity contribution < 1.29 is 28.9 Å². The summed E-state index contributed by atoms with van der Waals surface area (Å²) in [5.41, 5.74) is 4.21. The number of fused-ring (bicyclic) bond motifs is 5. The summed E-state index contributed by atoms with van der Waals surface area (Å²) in [7, 11) is 0. The third kappa shape index (κ3) is 2.60. The number of imide groups is 1. The standard InChI is InChI=1S/C18H14N2O7/c1-9-12-6-7-13(9)15-14(12)16(21)19(17(15)22)27-18(23)26-8-10-2-4-11(5-3-10)20(24)25/h2-6,9,12,14-15H,8H2,1H3/t9-,12?,14-,15+/m0/s1. The number of benzene rings is 1. The first-order valence-electron chi connectivity index (χ1n) is 8.31. The molecule has 0 aromatic heterocycles. The van der Waals surface area contributed by atoms with Crippen molar-refractivity contribution in [2.24, 2.45) is 23.7 Å². The molecule has 1 unspecified atom stereocenters. The fourth-order valence-electron chi connectivity index (χ4n) is 3.89. The Morgan fingerprint density at radius 2 is 1.96 bits per heavy atom. The second-order valence-corrected chi connectivity index (χ2v) is 6.66. The van der Waals surface area contributed by atoms with E-state index in [0.717, 1.165) is 5.57 Å². The van der Waals surface area contributed by atoms with Gasteiger partial charge in [0.15, 0.2) is 0 Å². The van der Waals surface area contributed by atoms with Crippen LogP contribution in [0.5, 0.6) is 0 Å². The van der Waals surface area contributed by atoms with Crippen LogP contribution in [0.15, 0.2) is 41.6 Å². The van der Waals surface area contributed by atoms with Gasteiger partial charge in [-0.05, 0) is 35.3 Å². The van der Waals surface area contributed by atoms with Crippen molar-refractivity contribution in [2.75, 3.05) is 0 Å².